The highest BCUT2D eigenvalue weighted by Gasteiger charge is 2.38. The lowest BCUT2D eigenvalue weighted by atomic mass is 9.64. The molecule has 2 aromatic carbocycles. The van der Waals surface area contributed by atoms with Crippen LogP contribution in [0.3, 0.4) is 0 Å². The van der Waals surface area contributed by atoms with E-state index < -0.39 is 0 Å². The van der Waals surface area contributed by atoms with Crippen LogP contribution >= 0.6 is 0 Å². The number of nitriles is 1. The van der Waals surface area contributed by atoms with Crippen molar-refractivity contribution in [3.63, 3.8) is 0 Å². The van der Waals surface area contributed by atoms with Crippen molar-refractivity contribution in [2.45, 2.75) is 49.4 Å². The Bertz CT molecular complexity index is 671. The van der Waals surface area contributed by atoms with Gasteiger partial charge >= 0.3 is 0 Å². The van der Waals surface area contributed by atoms with Crippen LogP contribution in [-0.2, 0) is 10.8 Å². The summed E-state index contributed by atoms with van der Waals surface area (Å²) < 4.78 is 0. The van der Waals surface area contributed by atoms with E-state index in [9.17, 15) is 0 Å². The summed E-state index contributed by atoms with van der Waals surface area (Å²) in [6.45, 7) is 0.803. The van der Waals surface area contributed by atoms with Crippen LogP contribution in [0.4, 0.5) is 0 Å². The molecule has 4 rings (SSSR count). The first-order chi connectivity index (χ1) is 11.7. The van der Waals surface area contributed by atoms with E-state index in [-0.39, 0.29) is 5.41 Å². The van der Waals surface area contributed by atoms with Gasteiger partial charge in [0.1, 0.15) is 0 Å². The Morgan fingerprint density at radius 3 is 1.62 bits per heavy atom. The molecule has 0 spiro atoms. The highest BCUT2D eigenvalue weighted by Crippen LogP contribution is 2.43. The van der Waals surface area contributed by atoms with Crippen LogP contribution < -0.4 is 5.73 Å². The van der Waals surface area contributed by atoms with Crippen molar-refractivity contribution < 1.29 is 0 Å². The molecule has 0 radical (unpaired) electrons. The molecule has 2 heteroatoms. The lowest BCUT2D eigenvalue weighted by Gasteiger charge is -2.41. The zero-order valence-corrected chi connectivity index (χ0v) is 14.2. The van der Waals surface area contributed by atoms with E-state index in [1.54, 1.807) is 0 Å². The fraction of sp³-hybridized carbons (Fsp3) is 0.409. The Hall–Kier alpha value is -2.11. The third-order valence-electron chi connectivity index (χ3n) is 5.84. The average Bonchev–Trinajstić information content (AvgIpc) is 2.57. The zero-order chi connectivity index (χ0) is 16.9. The molecule has 0 aliphatic heterocycles. The van der Waals surface area contributed by atoms with Crippen molar-refractivity contribution >= 4 is 0 Å². The topological polar surface area (TPSA) is 49.8 Å². The Morgan fingerprint density at radius 2 is 1.29 bits per heavy atom. The molecular formula is C22H26N2. The fourth-order valence-electron chi connectivity index (χ4n) is 3.76. The molecule has 0 amide bonds. The summed E-state index contributed by atoms with van der Waals surface area (Å²) in [5.74, 6) is 0. The minimum Gasteiger partial charge on any atom is -0.330 e. The van der Waals surface area contributed by atoms with Gasteiger partial charge in [0.15, 0.2) is 0 Å². The van der Waals surface area contributed by atoms with Gasteiger partial charge in [-0.15, -0.1) is 0 Å². The number of nitrogens with zero attached hydrogens (tertiary/aromatic N) is 1. The molecule has 2 fully saturated rings. The van der Waals surface area contributed by atoms with Crippen LogP contribution in [0.5, 0.6) is 0 Å². The summed E-state index contributed by atoms with van der Waals surface area (Å²) in [4.78, 5) is 0. The second-order valence-electron chi connectivity index (χ2n) is 7.12. The third kappa shape index (κ3) is 3.09. The van der Waals surface area contributed by atoms with Crippen LogP contribution in [0.2, 0.25) is 0 Å². The third-order valence-corrected chi connectivity index (χ3v) is 5.84. The van der Waals surface area contributed by atoms with Crippen molar-refractivity contribution in [3.05, 3.63) is 71.8 Å². The lowest BCUT2D eigenvalue weighted by Crippen LogP contribution is -2.41. The van der Waals surface area contributed by atoms with Crippen molar-refractivity contribution in [1.29, 1.82) is 5.26 Å². The molecule has 2 aromatic rings. The molecule has 2 aliphatic rings. The average molecular weight is 318 g/mol. The van der Waals surface area contributed by atoms with E-state index in [1.165, 1.54) is 36.8 Å². The molecule has 2 nitrogen and oxygen atoms in total. The van der Waals surface area contributed by atoms with Gasteiger partial charge in [-0.2, -0.15) is 5.26 Å². The maximum Gasteiger partial charge on any atom is 0.0822 e. The fourth-order valence-corrected chi connectivity index (χ4v) is 3.76. The van der Waals surface area contributed by atoms with E-state index >= 15 is 0 Å². The van der Waals surface area contributed by atoms with Crippen molar-refractivity contribution in [3.8, 4) is 6.07 Å². The van der Waals surface area contributed by atoms with E-state index in [0.29, 0.717) is 5.41 Å². The molecular weight excluding hydrogens is 292 g/mol. The second kappa shape index (κ2) is 7.20. The number of hydrogen-bond acceptors (Lipinski definition) is 2. The van der Waals surface area contributed by atoms with Crippen LogP contribution in [0.1, 0.15) is 49.7 Å². The Kier molecular flexibility index (Phi) is 5.02. The van der Waals surface area contributed by atoms with Gasteiger partial charge in [-0.05, 0) is 43.2 Å². The number of benzene rings is 2. The van der Waals surface area contributed by atoms with E-state index in [4.69, 9.17) is 11.0 Å². The molecule has 0 saturated heterocycles. The molecule has 2 aliphatic carbocycles. The molecule has 24 heavy (non-hydrogen) atoms. The van der Waals surface area contributed by atoms with Crippen LogP contribution in [0, 0.1) is 11.3 Å². The van der Waals surface area contributed by atoms with Gasteiger partial charge in [-0.3, -0.25) is 0 Å². The molecule has 2 N–H and O–H groups in total. The zero-order valence-electron chi connectivity index (χ0n) is 14.2. The minimum absolute atomic E-state index is 0.138. The van der Waals surface area contributed by atoms with E-state index in [0.717, 1.165) is 19.4 Å². The van der Waals surface area contributed by atoms with Crippen LogP contribution in [0.25, 0.3) is 0 Å². The monoisotopic (exact) mass is 318 g/mol. The molecule has 124 valence electrons. The first-order valence-corrected chi connectivity index (χ1v) is 8.97. The van der Waals surface area contributed by atoms with Gasteiger partial charge in [0.05, 0.1) is 11.5 Å². The molecule has 0 unspecified atom stereocenters. The predicted molar refractivity (Wildman–Crippen MR) is 98.6 cm³/mol. The maximum absolute atomic E-state index is 9.04. The Balaban J connectivity index is 0.000000141. The van der Waals surface area contributed by atoms with Crippen LogP contribution in [-0.4, -0.2) is 6.54 Å². The summed E-state index contributed by atoms with van der Waals surface area (Å²) in [5.41, 5.74) is 8.62. The van der Waals surface area contributed by atoms with Gasteiger partial charge in [0.25, 0.3) is 0 Å². The highest BCUT2D eigenvalue weighted by atomic mass is 14.6. The van der Waals surface area contributed by atoms with Gasteiger partial charge in [0, 0.05) is 12.0 Å². The number of hydrogen-bond donors (Lipinski definition) is 1. The van der Waals surface area contributed by atoms with Gasteiger partial charge in [-0.25, -0.2) is 0 Å². The lowest BCUT2D eigenvalue weighted by molar-refractivity contribution is 0.253. The summed E-state index contributed by atoms with van der Waals surface area (Å²) in [6, 6.07) is 23.2. The van der Waals surface area contributed by atoms with Crippen molar-refractivity contribution in [2.75, 3.05) is 6.54 Å². The maximum atomic E-state index is 9.04. The molecule has 0 atom stereocenters. The summed E-state index contributed by atoms with van der Waals surface area (Å²) in [7, 11) is 0. The molecule has 0 bridgehead atoms. The number of nitrogens with two attached hydrogens (primary N) is 1. The van der Waals surface area contributed by atoms with Crippen LogP contribution in [0.15, 0.2) is 60.7 Å². The smallest absolute Gasteiger partial charge is 0.0822 e. The standard InChI is InChI=1S/C11H15N.C11H11N/c2*12-9-11(7-4-8-11)10-5-2-1-3-6-10/h1-3,5-6H,4,7-9,12H2;1-3,5-6H,4,7-8H2. The van der Waals surface area contributed by atoms with E-state index in [1.807, 2.05) is 18.2 Å². The largest absolute Gasteiger partial charge is 0.330 e. The SMILES string of the molecule is N#CC1(c2ccccc2)CCC1.NCC1(c2ccccc2)CCC1. The van der Waals surface area contributed by atoms with Crippen molar-refractivity contribution in [1.82, 2.24) is 0 Å². The van der Waals surface area contributed by atoms with Gasteiger partial charge in [-0.1, -0.05) is 67.1 Å². The van der Waals surface area contributed by atoms with Gasteiger partial charge in [0.2, 0.25) is 0 Å². The van der Waals surface area contributed by atoms with Crippen molar-refractivity contribution in [2.24, 2.45) is 5.73 Å². The number of rotatable bonds is 3. The summed E-state index contributed by atoms with van der Waals surface area (Å²) in [6.07, 6.45) is 7.15. The Labute approximate surface area is 145 Å². The highest BCUT2D eigenvalue weighted by molar-refractivity contribution is 5.34. The Morgan fingerprint density at radius 1 is 0.792 bits per heavy atom. The minimum atomic E-state index is -0.138. The first-order valence-electron chi connectivity index (χ1n) is 8.97. The first kappa shape index (κ1) is 16.7. The molecule has 0 aromatic heterocycles. The predicted octanol–water partition coefficient (Wildman–Crippen LogP) is 4.70. The molecule has 2 saturated carbocycles. The quantitative estimate of drug-likeness (QED) is 0.892. The summed E-state index contributed by atoms with van der Waals surface area (Å²) >= 11 is 0. The summed E-state index contributed by atoms with van der Waals surface area (Å²) in [5, 5.41) is 9.04. The normalized spacial score (nSPS) is 19.7. The molecule has 0 heterocycles. The van der Waals surface area contributed by atoms with E-state index in [2.05, 4.69) is 48.5 Å². The van der Waals surface area contributed by atoms with Gasteiger partial charge < -0.3 is 5.73 Å². The second-order valence-corrected chi connectivity index (χ2v) is 7.12.